The molecule has 0 aliphatic carbocycles. The summed E-state index contributed by atoms with van der Waals surface area (Å²) in [6, 6.07) is 16.1. The van der Waals surface area contributed by atoms with E-state index >= 15 is 0 Å². The number of hydrogen-bond acceptors (Lipinski definition) is 9. The van der Waals surface area contributed by atoms with E-state index in [0.717, 1.165) is 29.9 Å². The minimum atomic E-state index is -0.790. The Balaban J connectivity index is 1.36. The average Bonchev–Trinajstić information content (AvgIpc) is 3.58. The van der Waals surface area contributed by atoms with E-state index < -0.39 is 12.0 Å². The second kappa shape index (κ2) is 10.1. The monoisotopic (exact) mass is 495 g/mol. The van der Waals surface area contributed by atoms with Crippen LogP contribution in [0.15, 0.2) is 54.7 Å². The van der Waals surface area contributed by atoms with Crippen molar-refractivity contribution in [2.75, 3.05) is 12.3 Å². The fraction of sp³-hybridized carbons (Fsp3) is 0.269. The molecule has 3 N–H and O–H groups in total. The van der Waals surface area contributed by atoms with Crippen molar-refractivity contribution in [1.82, 2.24) is 34.8 Å². The molecule has 0 spiro atoms. The minimum Gasteiger partial charge on any atom is -0.480 e. The number of pyridine rings is 1. The summed E-state index contributed by atoms with van der Waals surface area (Å²) in [7, 11) is 0. The zero-order valence-electron chi connectivity index (χ0n) is 20.2. The van der Waals surface area contributed by atoms with Crippen LogP contribution in [0.5, 0.6) is 0 Å². The first-order valence-electron chi connectivity index (χ1n) is 11.9. The highest BCUT2D eigenvalue weighted by molar-refractivity contribution is 5.74. The number of nitrogen functional groups attached to an aromatic ring is 1. The van der Waals surface area contributed by atoms with Gasteiger partial charge in [-0.25, -0.2) is 14.6 Å². The lowest BCUT2D eigenvalue weighted by Crippen LogP contribution is -2.38. The van der Waals surface area contributed by atoms with Crippen molar-refractivity contribution >= 4 is 11.9 Å². The van der Waals surface area contributed by atoms with Gasteiger partial charge in [0.05, 0.1) is 53.2 Å². The lowest BCUT2D eigenvalue weighted by Gasteiger charge is -2.28. The van der Waals surface area contributed by atoms with Crippen LogP contribution in [0.25, 0.3) is 22.6 Å². The molecule has 0 bridgehead atoms. The number of carboxylic acids is 1. The molecule has 1 aromatic carbocycles. The number of benzene rings is 1. The number of carboxylic acid groups (broad SMARTS) is 1. The van der Waals surface area contributed by atoms with Crippen molar-refractivity contribution in [2.24, 2.45) is 0 Å². The number of nitrogens with zero attached hydrogens (tertiary/aromatic N) is 8. The molecular formula is C26H25N9O2. The SMILES string of the molecule is C[C@@H](c1cccc(Cn2cc(-c3cc(-c4cccc(C#N)c4)nc(N)n3)nn2)n1)N1CCC[C@H]1C(=O)O. The molecule has 0 radical (unpaired) electrons. The van der Waals surface area contributed by atoms with Crippen LogP contribution in [0.3, 0.4) is 0 Å². The third-order valence-electron chi connectivity index (χ3n) is 6.49. The van der Waals surface area contributed by atoms with Gasteiger partial charge in [0.15, 0.2) is 0 Å². The van der Waals surface area contributed by atoms with E-state index in [0.29, 0.717) is 35.6 Å². The van der Waals surface area contributed by atoms with Crippen LogP contribution >= 0.6 is 0 Å². The minimum absolute atomic E-state index is 0.0920. The summed E-state index contributed by atoms with van der Waals surface area (Å²) >= 11 is 0. The van der Waals surface area contributed by atoms with Gasteiger partial charge in [-0.15, -0.1) is 5.10 Å². The molecule has 4 aromatic rings. The molecule has 0 saturated carbocycles. The van der Waals surface area contributed by atoms with Gasteiger partial charge in [-0.05, 0) is 56.6 Å². The zero-order chi connectivity index (χ0) is 25.9. The lowest BCUT2D eigenvalue weighted by molar-refractivity contribution is -0.142. The van der Waals surface area contributed by atoms with Crippen LogP contribution in [0.4, 0.5) is 5.95 Å². The lowest BCUT2D eigenvalue weighted by atomic mass is 10.1. The first-order chi connectivity index (χ1) is 17.9. The molecule has 1 fully saturated rings. The summed E-state index contributed by atoms with van der Waals surface area (Å²) in [5, 5.41) is 27.2. The number of rotatable bonds is 7. The summed E-state index contributed by atoms with van der Waals surface area (Å²) in [6.07, 6.45) is 3.28. The van der Waals surface area contributed by atoms with E-state index in [2.05, 4.69) is 26.3 Å². The molecule has 0 unspecified atom stereocenters. The summed E-state index contributed by atoms with van der Waals surface area (Å²) in [6.45, 7) is 3.11. The molecule has 2 atom stereocenters. The Hall–Kier alpha value is -4.69. The maximum atomic E-state index is 11.6. The summed E-state index contributed by atoms with van der Waals surface area (Å²) < 4.78 is 1.66. The van der Waals surface area contributed by atoms with E-state index in [1.54, 1.807) is 35.1 Å². The molecule has 3 aromatic heterocycles. The molecule has 11 heteroatoms. The fourth-order valence-corrected chi connectivity index (χ4v) is 4.66. The summed E-state index contributed by atoms with van der Waals surface area (Å²) in [5.74, 6) is -0.698. The molecule has 1 saturated heterocycles. The van der Waals surface area contributed by atoms with Gasteiger partial charge < -0.3 is 10.8 Å². The van der Waals surface area contributed by atoms with Gasteiger partial charge >= 0.3 is 5.97 Å². The number of nitrogens with two attached hydrogens (primary N) is 1. The van der Waals surface area contributed by atoms with E-state index in [4.69, 9.17) is 10.7 Å². The maximum absolute atomic E-state index is 11.6. The first kappa shape index (κ1) is 24.0. The number of aromatic nitrogens is 6. The predicted molar refractivity (Wildman–Crippen MR) is 135 cm³/mol. The van der Waals surface area contributed by atoms with E-state index in [1.165, 1.54) is 0 Å². The molecule has 186 valence electrons. The van der Waals surface area contributed by atoms with Crippen LogP contribution in [0.1, 0.15) is 42.8 Å². The molecule has 5 rings (SSSR count). The van der Waals surface area contributed by atoms with Gasteiger partial charge in [0.1, 0.15) is 11.7 Å². The average molecular weight is 496 g/mol. The Morgan fingerprint density at radius 3 is 2.78 bits per heavy atom. The van der Waals surface area contributed by atoms with Crippen molar-refractivity contribution in [3.63, 3.8) is 0 Å². The Morgan fingerprint density at radius 1 is 1.16 bits per heavy atom. The van der Waals surface area contributed by atoms with Crippen LogP contribution in [0, 0.1) is 11.3 Å². The van der Waals surface area contributed by atoms with Crippen molar-refractivity contribution < 1.29 is 9.90 Å². The number of hydrogen-bond donors (Lipinski definition) is 2. The quantitative estimate of drug-likeness (QED) is 0.390. The van der Waals surface area contributed by atoms with Crippen molar-refractivity contribution in [2.45, 2.75) is 38.4 Å². The third kappa shape index (κ3) is 5.14. The van der Waals surface area contributed by atoms with Gasteiger partial charge in [-0.1, -0.05) is 23.4 Å². The topological polar surface area (TPSA) is 160 Å². The predicted octanol–water partition coefficient (Wildman–Crippen LogP) is 2.91. The van der Waals surface area contributed by atoms with Crippen molar-refractivity contribution in [3.05, 3.63) is 71.7 Å². The Morgan fingerprint density at radius 2 is 1.97 bits per heavy atom. The Kier molecular flexibility index (Phi) is 6.57. The Labute approximate surface area is 213 Å². The number of likely N-dealkylation sites (tertiary alicyclic amines) is 1. The van der Waals surface area contributed by atoms with Crippen LogP contribution < -0.4 is 5.73 Å². The van der Waals surface area contributed by atoms with Gasteiger partial charge in [0.2, 0.25) is 5.95 Å². The molecular weight excluding hydrogens is 470 g/mol. The number of aliphatic carboxylic acids is 1. The Bertz CT molecular complexity index is 1490. The zero-order valence-corrected chi connectivity index (χ0v) is 20.2. The van der Waals surface area contributed by atoms with Crippen LogP contribution in [-0.4, -0.2) is 58.5 Å². The molecule has 4 heterocycles. The largest absolute Gasteiger partial charge is 0.480 e. The van der Waals surface area contributed by atoms with E-state index in [-0.39, 0.29) is 12.0 Å². The maximum Gasteiger partial charge on any atom is 0.320 e. The second-order valence-electron chi connectivity index (χ2n) is 8.95. The summed E-state index contributed by atoms with van der Waals surface area (Å²) in [4.78, 5) is 27.0. The highest BCUT2D eigenvalue weighted by atomic mass is 16.4. The van der Waals surface area contributed by atoms with E-state index in [9.17, 15) is 15.2 Å². The molecule has 1 aliphatic heterocycles. The summed E-state index contributed by atoms with van der Waals surface area (Å²) in [5.41, 5.74) is 10.5. The highest BCUT2D eigenvalue weighted by Gasteiger charge is 2.34. The molecule has 0 amide bonds. The number of nitriles is 1. The number of anilines is 1. The molecule has 37 heavy (non-hydrogen) atoms. The van der Waals surface area contributed by atoms with Gasteiger partial charge in [-0.2, -0.15) is 5.26 Å². The highest BCUT2D eigenvalue weighted by Crippen LogP contribution is 2.29. The van der Waals surface area contributed by atoms with Gasteiger partial charge in [0.25, 0.3) is 0 Å². The van der Waals surface area contributed by atoms with Gasteiger partial charge in [-0.3, -0.25) is 14.7 Å². The number of carbonyl (C=O) groups is 1. The first-order valence-corrected chi connectivity index (χ1v) is 11.9. The van der Waals surface area contributed by atoms with Crippen LogP contribution in [0.2, 0.25) is 0 Å². The normalized spacial score (nSPS) is 16.4. The third-order valence-corrected chi connectivity index (χ3v) is 6.49. The fourth-order valence-electron chi connectivity index (χ4n) is 4.66. The van der Waals surface area contributed by atoms with Crippen molar-refractivity contribution in [1.29, 1.82) is 5.26 Å². The van der Waals surface area contributed by atoms with Crippen LogP contribution in [-0.2, 0) is 11.3 Å². The molecule has 1 aliphatic rings. The standard InChI is InChI=1S/C26H25N9O2/c1-16(35-10-4-9-24(35)25(36)37)20-8-3-7-19(29-20)14-34-15-23(32-33-34)22-12-21(30-26(28)31-22)18-6-2-5-17(11-18)13-27/h2-3,5-8,11-12,15-16,24H,4,9-10,14H2,1H3,(H,36,37)(H2,28,30,31)/t16-,24-/m0/s1. The smallest absolute Gasteiger partial charge is 0.320 e. The molecule has 11 nitrogen and oxygen atoms in total. The van der Waals surface area contributed by atoms with E-state index in [1.807, 2.05) is 36.1 Å². The second-order valence-corrected chi connectivity index (χ2v) is 8.95. The van der Waals surface area contributed by atoms with Crippen molar-refractivity contribution in [3.8, 4) is 28.7 Å². The van der Waals surface area contributed by atoms with Gasteiger partial charge in [0, 0.05) is 5.56 Å².